The third kappa shape index (κ3) is 4.30. The first-order valence-electron chi connectivity index (χ1n) is 13.1. The summed E-state index contributed by atoms with van der Waals surface area (Å²) in [5.41, 5.74) is 3.05. The van der Waals surface area contributed by atoms with Crippen molar-refractivity contribution in [2.45, 2.75) is 50.5 Å². The molecule has 36 heavy (non-hydrogen) atoms. The minimum absolute atomic E-state index is 0.191. The summed E-state index contributed by atoms with van der Waals surface area (Å²) in [6, 6.07) is 8.22. The maximum absolute atomic E-state index is 14.2. The highest BCUT2D eigenvalue weighted by molar-refractivity contribution is 5.97. The van der Waals surface area contributed by atoms with Gasteiger partial charge in [-0.05, 0) is 50.3 Å². The van der Waals surface area contributed by atoms with Gasteiger partial charge < -0.3 is 19.9 Å². The molecule has 1 unspecified atom stereocenters. The van der Waals surface area contributed by atoms with Crippen molar-refractivity contribution in [3.63, 3.8) is 0 Å². The van der Waals surface area contributed by atoms with Gasteiger partial charge in [-0.1, -0.05) is 6.42 Å². The largest absolute Gasteiger partial charge is 0.491 e. The van der Waals surface area contributed by atoms with Crippen LogP contribution in [-0.4, -0.2) is 65.2 Å². The Morgan fingerprint density at radius 1 is 1.03 bits per heavy atom. The number of piperidine rings is 1. The number of rotatable bonds is 1. The predicted octanol–water partition coefficient (Wildman–Crippen LogP) is 3.92. The van der Waals surface area contributed by atoms with Gasteiger partial charge in [0.1, 0.15) is 24.0 Å². The normalized spacial score (nSPS) is 21.7. The van der Waals surface area contributed by atoms with Crippen molar-refractivity contribution in [1.82, 2.24) is 24.8 Å². The van der Waals surface area contributed by atoms with Gasteiger partial charge in [-0.2, -0.15) is 9.61 Å². The molecular formula is C27H33FN6O2. The number of fused-ring (bicyclic) bond motifs is 4. The smallest absolute Gasteiger partial charge is 0.258 e. The number of benzene rings is 1. The molecule has 1 N–H and O–H groups in total. The molecule has 2 fully saturated rings. The van der Waals surface area contributed by atoms with Gasteiger partial charge in [-0.15, -0.1) is 0 Å². The van der Waals surface area contributed by atoms with E-state index in [1.807, 2.05) is 15.5 Å². The second-order valence-corrected chi connectivity index (χ2v) is 10.2. The first kappa shape index (κ1) is 23.2. The molecule has 6 rings (SSSR count). The van der Waals surface area contributed by atoms with Gasteiger partial charge in [0.15, 0.2) is 5.65 Å². The maximum Gasteiger partial charge on any atom is 0.258 e. The molecule has 0 spiro atoms. The van der Waals surface area contributed by atoms with Gasteiger partial charge in [-0.3, -0.25) is 4.79 Å². The van der Waals surface area contributed by atoms with Crippen molar-refractivity contribution < 1.29 is 13.9 Å². The Balaban J connectivity index is 1.45. The Bertz CT molecular complexity index is 1270. The van der Waals surface area contributed by atoms with Crippen LogP contribution in [-0.2, 0) is 0 Å². The number of nitrogens with one attached hydrogen (secondary N) is 1. The molecule has 1 saturated heterocycles. The minimum atomic E-state index is -0.445. The minimum Gasteiger partial charge on any atom is -0.491 e. The van der Waals surface area contributed by atoms with Gasteiger partial charge in [0.05, 0.1) is 17.3 Å². The summed E-state index contributed by atoms with van der Waals surface area (Å²) in [4.78, 5) is 22.8. The van der Waals surface area contributed by atoms with Crippen molar-refractivity contribution in [1.29, 1.82) is 0 Å². The molecule has 3 aromatic rings. The van der Waals surface area contributed by atoms with Gasteiger partial charge in [0.2, 0.25) is 0 Å². The van der Waals surface area contributed by atoms with Crippen molar-refractivity contribution in [3.05, 3.63) is 53.1 Å². The SMILES string of the molecule is CN1CCNCCOc2ccc(F)cc2C(=O)N2CCCCC2c2cc3nc(C4CCC4)cc1n3n2. The molecule has 1 aliphatic carbocycles. The summed E-state index contributed by atoms with van der Waals surface area (Å²) < 4.78 is 22.1. The van der Waals surface area contributed by atoms with Crippen LogP contribution in [0.4, 0.5) is 10.2 Å². The van der Waals surface area contributed by atoms with Crippen LogP contribution >= 0.6 is 0 Å². The van der Waals surface area contributed by atoms with Crippen LogP contribution in [0.25, 0.3) is 5.65 Å². The number of halogens is 1. The van der Waals surface area contributed by atoms with Crippen LogP contribution in [0.2, 0.25) is 0 Å². The number of hydrogen-bond donors (Lipinski definition) is 1. The zero-order valence-electron chi connectivity index (χ0n) is 20.8. The van der Waals surface area contributed by atoms with Crippen molar-refractivity contribution in [3.8, 4) is 5.75 Å². The van der Waals surface area contributed by atoms with Gasteiger partial charge in [0, 0.05) is 57.0 Å². The highest BCUT2D eigenvalue weighted by Crippen LogP contribution is 2.38. The Morgan fingerprint density at radius 2 is 1.92 bits per heavy atom. The number of anilines is 1. The number of likely N-dealkylation sites (N-methyl/N-ethyl adjacent to an activating group) is 1. The molecule has 3 aliphatic rings. The fourth-order valence-electron chi connectivity index (χ4n) is 5.49. The zero-order chi connectivity index (χ0) is 24.6. The summed E-state index contributed by atoms with van der Waals surface area (Å²) in [6.45, 7) is 3.18. The summed E-state index contributed by atoms with van der Waals surface area (Å²) in [6.07, 6.45) is 6.33. The Labute approximate surface area is 210 Å². The summed E-state index contributed by atoms with van der Waals surface area (Å²) >= 11 is 0. The van der Waals surface area contributed by atoms with E-state index in [1.54, 1.807) is 6.07 Å². The second kappa shape index (κ2) is 9.69. The average molecular weight is 493 g/mol. The highest BCUT2D eigenvalue weighted by atomic mass is 19.1. The van der Waals surface area contributed by atoms with Crippen LogP contribution in [0.15, 0.2) is 30.3 Å². The van der Waals surface area contributed by atoms with E-state index in [1.165, 1.54) is 31.4 Å². The lowest BCUT2D eigenvalue weighted by molar-refractivity contribution is 0.0601. The topological polar surface area (TPSA) is 75.0 Å². The Morgan fingerprint density at radius 3 is 2.75 bits per heavy atom. The van der Waals surface area contributed by atoms with Gasteiger partial charge in [0.25, 0.3) is 5.91 Å². The van der Waals surface area contributed by atoms with Crippen LogP contribution in [0, 0.1) is 5.82 Å². The number of amides is 1. The Kier molecular flexibility index (Phi) is 6.25. The number of aromatic nitrogens is 3. The predicted molar refractivity (Wildman–Crippen MR) is 135 cm³/mol. The molecule has 8 nitrogen and oxygen atoms in total. The molecular weight excluding hydrogens is 459 g/mol. The second-order valence-electron chi connectivity index (χ2n) is 10.2. The molecule has 2 aromatic heterocycles. The van der Waals surface area contributed by atoms with Crippen molar-refractivity contribution >= 4 is 17.4 Å². The highest BCUT2D eigenvalue weighted by Gasteiger charge is 2.33. The Hall–Kier alpha value is -3.20. The number of carbonyl (C=O) groups is 1. The first-order chi connectivity index (χ1) is 17.6. The van der Waals surface area contributed by atoms with E-state index in [2.05, 4.69) is 23.3 Å². The van der Waals surface area contributed by atoms with E-state index < -0.39 is 5.82 Å². The number of nitrogens with zero attached hydrogens (tertiary/aromatic N) is 5. The summed E-state index contributed by atoms with van der Waals surface area (Å²) in [5, 5.41) is 8.41. The van der Waals surface area contributed by atoms with Crippen LogP contribution < -0.4 is 15.0 Å². The molecule has 1 saturated carbocycles. The lowest BCUT2D eigenvalue weighted by atomic mass is 9.83. The van der Waals surface area contributed by atoms with E-state index in [4.69, 9.17) is 14.8 Å². The quantitative estimate of drug-likeness (QED) is 0.555. The van der Waals surface area contributed by atoms with Crippen molar-refractivity contribution in [2.75, 3.05) is 44.7 Å². The van der Waals surface area contributed by atoms with E-state index >= 15 is 0 Å². The van der Waals surface area contributed by atoms with Crippen LogP contribution in [0.5, 0.6) is 5.75 Å². The zero-order valence-corrected chi connectivity index (χ0v) is 20.8. The van der Waals surface area contributed by atoms with Gasteiger partial charge >= 0.3 is 0 Å². The summed E-state index contributed by atoms with van der Waals surface area (Å²) in [7, 11) is 2.09. The lowest BCUT2D eigenvalue weighted by Gasteiger charge is -2.35. The molecule has 1 aromatic carbocycles. The molecule has 1 amide bonds. The molecule has 2 bridgehead atoms. The molecule has 1 atom stereocenters. The number of hydrogen-bond acceptors (Lipinski definition) is 6. The number of carbonyl (C=O) groups excluding carboxylic acids is 1. The molecule has 9 heteroatoms. The molecule has 0 radical (unpaired) electrons. The molecule has 2 aliphatic heterocycles. The van der Waals surface area contributed by atoms with E-state index in [0.29, 0.717) is 31.4 Å². The summed E-state index contributed by atoms with van der Waals surface area (Å²) in [5.74, 6) is 1.27. The fourth-order valence-corrected chi connectivity index (χ4v) is 5.49. The van der Waals surface area contributed by atoms with Gasteiger partial charge in [-0.25, -0.2) is 9.37 Å². The number of ether oxygens (including phenoxy) is 1. The standard InChI is InChI=1S/C27H33FN6O2/c1-32-13-10-29-11-14-36-24-9-8-19(28)15-20(24)27(35)33-12-3-2-7-23(33)22-16-25-30-21(18-5-4-6-18)17-26(32)34(25)31-22/h8-9,15-18,23,29H,2-7,10-14H2,1H3. The lowest BCUT2D eigenvalue weighted by Crippen LogP contribution is -2.39. The maximum atomic E-state index is 14.2. The third-order valence-corrected chi connectivity index (χ3v) is 7.80. The van der Waals surface area contributed by atoms with E-state index in [-0.39, 0.29) is 17.5 Å². The fraction of sp³-hybridized carbons (Fsp3) is 0.519. The van der Waals surface area contributed by atoms with E-state index in [0.717, 1.165) is 55.2 Å². The first-order valence-corrected chi connectivity index (χ1v) is 13.1. The van der Waals surface area contributed by atoms with Crippen LogP contribution in [0.3, 0.4) is 0 Å². The average Bonchev–Trinajstić information content (AvgIpc) is 3.28. The molecule has 190 valence electrons. The van der Waals surface area contributed by atoms with Crippen molar-refractivity contribution in [2.24, 2.45) is 0 Å². The van der Waals surface area contributed by atoms with E-state index in [9.17, 15) is 9.18 Å². The van der Waals surface area contributed by atoms with Crippen LogP contribution in [0.1, 0.15) is 72.2 Å². The monoisotopic (exact) mass is 492 g/mol. The molecule has 4 heterocycles. The third-order valence-electron chi connectivity index (χ3n) is 7.80.